The van der Waals surface area contributed by atoms with Crippen molar-refractivity contribution in [1.29, 1.82) is 0 Å². The Balaban J connectivity index is 1.83. The molecule has 0 heterocycles. The number of nitrogens with two attached hydrogens (primary N) is 1. The van der Waals surface area contributed by atoms with Crippen LogP contribution in [0.1, 0.15) is 13.3 Å². The van der Waals surface area contributed by atoms with Crippen LogP contribution in [0.4, 0.5) is 13.2 Å². The van der Waals surface area contributed by atoms with Gasteiger partial charge in [0.25, 0.3) is 0 Å². The normalized spacial score (nSPS) is 11.7. The zero-order valence-corrected chi connectivity index (χ0v) is 22.9. The molecular formula is C26H41F3N2O9. The van der Waals surface area contributed by atoms with Crippen molar-refractivity contribution >= 4 is 5.97 Å². The Morgan fingerprint density at radius 3 is 1.77 bits per heavy atom. The molecule has 230 valence electrons. The van der Waals surface area contributed by atoms with E-state index in [1.807, 2.05) is 6.92 Å². The number of esters is 1. The SMILES string of the molecule is CCOCCOCCOC/C(N)=C/NCCOCCOCCOCCOCCC(=O)Oc1c(F)cc(F)cc1F. The van der Waals surface area contributed by atoms with E-state index in [0.717, 1.165) is 0 Å². The fourth-order valence-electron chi connectivity index (χ4n) is 2.76. The van der Waals surface area contributed by atoms with Gasteiger partial charge in [-0.25, -0.2) is 13.2 Å². The highest BCUT2D eigenvalue weighted by Crippen LogP contribution is 2.23. The van der Waals surface area contributed by atoms with Crippen molar-refractivity contribution in [3.8, 4) is 5.75 Å². The zero-order valence-electron chi connectivity index (χ0n) is 22.9. The second-order valence-electron chi connectivity index (χ2n) is 7.91. The minimum absolute atomic E-state index is 0.0311. The summed E-state index contributed by atoms with van der Waals surface area (Å²) in [6, 6.07) is 0.851. The average Bonchev–Trinajstić information content (AvgIpc) is 2.92. The predicted octanol–water partition coefficient (Wildman–Crippen LogP) is 1.93. The van der Waals surface area contributed by atoms with Crippen molar-refractivity contribution in [3.05, 3.63) is 41.5 Å². The first kappa shape index (κ1) is 35.6. The smallest absolute Gasteiger partial charge is 0.313 e. The lowest BCUT2D eigenvalue weighted by molar-refractivity contribution is -0.136. The van der Waals surface area contributed by atoms with Gasteiger partial charge in [-0.05, 0) is 6.92 Å². The maximum Gasteiger partial charge on any atom is 0.313 e. The quantitative estimate of drug-likeness (QED) is 0.0945. The summed E-state index contributed by atoms with van der Waals surface area (Å²) in [6.45, 7) is 8.06. The van der Waals surface area contributed by atoms with Gasteiger partial charge in [-0.2, -0.15) is 0 Å². The second kappa shape index (κ2) is 24.3. The van der Waals surface area contributed by atoms with E-state index in [4.69, 9.17) is 38.9 Å². The van der Waals surface area contributed by atoms with Gasteiger partial charge in [0.2, 0.25) is 5.75 Å². The first-order valence-electron chi connectivity index (χ1n) is 13.0. The second-order valence-corrected chi connectivity index (χ2v) is 7.91. The van der Waals surface area contributed by atoms with Crippen molar-refractivity contribution in [2.45, 2.75) is 13.3 Å². The van der Waals surface area contributed by atoms with Crippen LogP contribution in [0.3, 0.4) is 0 Å². The van der Waals surface area contributed by atoms with Crippen molar-refractivity contribution in [2.24, 2.45) is 5.73 Å². The summed E-state index contributed by atoms with van der Waals surface area (Å²) in [6.07, 6.45) is 1.44. The molecule has 0 spiro atoms. The van der Waals surface area contributed by atoms with Crippen molar-refractivity contribution < 1.29 is 55.9 Å². The number of ether oxygens (including phenoxy) is 8. The van der Waals surface area contributed by atoms with Crippen LogP contribution in [0.2, 0.25) is 0 Å². The molecule has 14 heteroatoms. The van der Waals surface area contributed by atoms with Crippen LogP contribution in [-0.2, 0) is 38.0 Å². The molecule has 0 atom stereocenters. The van der Waals surface area contributed by atoms with Crippen LogP contribution in [0, 0.1) is 17.5 Å². The summed E-state index contributed by atoms with van der Waals surface area (Å²) in [4.78, 5) is 11.6. The molecule has 0 aliphatic carbocycles. The largest absolute Gasteiger partial charge is 0.420 e. The summed E-state index contributed by atoms with van der Waals surface area (Å²) >= 11 is 0. The fraction of sp³-hybridized carbons (Fsp3) is 0.654. The highest BCUT2D eigenvalue weighted by atomic mass is 19.1. The Bertz CT molecular complexity index is 812. The Morgan fingerprint density at radius 1 is 0.750 bits per heavy atom. The monoisotopic (exact) mass is 582 g/mol. The maximum atomic E-state index is 13.5. The molecule has 1 aromatic rings. The van der Waals surface area contributed by atoms with E-state index in [-0.39, 0.29) is 26.2 Å². The van der Waals surface area contributed by atoms with Crippen molar-refractivity contribution in [1.82, 2.24) is 5.32 Å². The van der Waals surface area contributed by atoms with Gasteiger partial charge in [0.05, 0.1) is 98.0 Å². The lowest BCUT2D eigenvalue weighted by Crippen LogP contribution is -2.19. The van der Waals surface area contributed by atoms with Gasteiger partial charge in [0.1, 0.15) is 5.82 Å². The van der Waals surface area contributed by atoms with E-state index in [1.165, 1.54) is 0 Å². The number of halogens is 3. The zero-order chi connectivity index (χ0) is 29.3. The Morgan fingerprint density at radius 2 is 1.23 bits per heavy atom. The third-order valence-corrected chi connectivity index (χ3v) is 4.64. The van der Waals surface area contributed by atoms with Gasteiger partial charge >= 0.3 is 5.97 Å². The highest BCUT2D eigenvalue weighted by molar-refractivity contribution is 5.72. The van der Waals surface area contributed by atoms with Crippen LogP contribution < -0.4 is 15.8 Å². The summed E-state index contributed by atoms with van der Waals surface area (Å²) < 4.78 is 81.6. The molecule has 0 amide bonds. The summed E-state index contributed by atoms with van der Waals surface area (Å²) in [5.74, 6) is -5.55. The molecule has 0 aromatic heterocycles. The molecule has 1 aromatic carbocycles. The first-order valence-corrected chi connectivity index (χ1v) is 13.0. The molecular weight excluding hydrogens is 541 g/mol. The minimum Gasteiger partial charge on any atom is -0.420 e. The number of benzene rings is 1. The lowest BCUT2D eigenvalue weighted by atomic mass is 10.3. The molecule has 11 nitrogen and oxygen atoms in total. The first-order chi connectivity index (χ1) is 19.4. The van der Waals surface area contributed by atoms with Gasteiger partial charge in [-0.1, -0.05) is 0 Å². The summed E-state index contributed by atoms with van der Waals surface area (Å²) in [5, 5.41) is 3.04. The fourth-order valence-corrected chi connectivity index (χ4v) is 2.76. The van der Waals surface area contributed by atoms with E-state index < -0.39 is 29.2 Å². The third-order valence-electron chi connectivity index (χ3n) is 4.64. The molecule has 0 aliphatic rings. The van der Waals surface area contributed by atoms with Crippen molar-refractivity contribution in [2.75, 3.05) is 99.0 Å². The molecule has 0 saturated heterocycles. The topological polar surface area (TPSA) is 129 Å². The standard InChI is InChI=1S/C26H41F3N2O9/c1-2-33-7-8-36-15-16-39-20-22(30)19-31-4-6-35-10-12-38-14-13-37-11-9-34-5-3-25(32)40-26-23(28)17-21(27)18-24(26)29/h17-19,31H,2-16,20,30H2,1H3/b22-19-. The van der Waals surface area contributed by atoms with E-state index in [1.54, 1.807) is 6.20 Å². The molecule has 0 unspecified atom stereocenters. The molecule has 0 fully saturated rings. The van der Waals surface area contributed by atoms with Crippen LogP contribution in [0.25, 0.3) is 0 Å². The molecule has 1 rings (SSSR count). The van der Waals surface area contributed by atoms with E-state index in [9.17, 15) is 18.0 Å². The number of rotatable bonds is 26. The maximum absolute atomic E-state index is 13.5. The molecule has 0 saturated carbocycles. The van der Waals surface area contributed by atoms with Gasteiger partial charge in [0, 0.05) is 31.5 Å². The lowest BCUT2D eigenvalue weighted by Gasteiger charge is -2.09. The number of hydrogen-bond donors (Lipinski definition) is 2. The minimum atomic E-state index is -1.30. The molecule has 3 N–H and O–H groups in total. The molecule has 0 bridgehead atoms. The van der Waals surface area contributed by atoms with E-state index >= 15 is 0 Å². The van der Waals surface area contributed by atoms with Crippen LogP contribution in [-0.4, -0.2) is 105 Å². The Kier molecular flexibility index (Phi) is 21.6. The number of carbonyl (C=O) groups is 1. The summed E-state index contributed by atoms with van der Waals surface area (Å²) in [7, 11) is 0. The number of nitrogens with one attached hydrogen (secondary N) is 1. The molecule has 0 aliphatic heterocycles. The third kappa shape index (κ3) is 19.6. The van der Waals surface area contributed by atoms with Gasteiger partial charge in [-0.3, -0.25) is 4.79 Å². The van der Waals surface area contributed by atoms with Crippen LogP contribution in [0.15, 0.2) is 24.0 Å². The van der Waals surface area contributed by atoms with E-state index in [0.29, 0.717) is 97.1 Å². The number of hydrogen-bond acceptors (Lipinski definition) is 11. The number of carbonyl (C=O) groups excluding carboxylic acids is 1. The van der Waals surface area contributed by atoms with E-state index in [2.05, 4.69) is 10.1 Å². The van der Waals surface area contributed by atoms with Gasteiger partial charge < -0.3 is 48.9 Å². The molecule has 40 heavy (non-hydrogen) atoms. The van der Waals surface area contributed by atoms with Crippen molar-refractivity contribution in [3.63, 3.8) is 0 Å². The van der Waals surface area contributed by atoms with Gasteiger partial charge in [0.15, 0.2) is 11.6 Å². The average molecular weight is 583 g/mol. The summed E-state index contributed by atoms with van der Waals surface area (Å²) in [5.41, 5.74) is 6.41. The molecule has 0 radical (unpaired) electrons. The van der Waals surface area contributed by atoms with Gasteiger partial charge in [-0.15, -0.1) is 0 Å². The highest BCUT2D eigenvalue weighted by Gasteiger charge is 2.16. The van der Waals surface area contributed by atoms with Crippen LogP contribution >= 0.6 is 0 Å². The predicted molar refractivity (Wildman–Crippen MR) is 138 cm³/mol. The Labute approximate surface area is 232 Å². The Hall–Kier alpha value is -2.46. The van der Waals surface area contributed by atoms with Crippen LogP contribution in [0.5, 0.6) is 5.75 Å².